The first-order valence-corrected chi connectivity index (χ1v) is 8.81. The fourth-order valence-corrected chi connectivity index (χ4v) is 2.66. The van der Waals surface area contributed by atoms with Gasteiger partial charge in [0.2, 0.25) is 0 Å². The van der Waals surface area contributed by atoms with Crippen molar-refractivity contribution in [3.05, 3.63) is 76.9 Å². The number of carbonyl (C=O) groups excluding carboxylic acids is 1. The average molecular weight is 370 g/mol. The highest BCUT2D eigenvalue weighted by Crippen LogP contribution is 2.22. The maximum Gasteiger partial charge on any atom is 0.255 e. The molecule has 26 heavy (non-hydrogen) atoms. The summed E-state index contributed by atoms with van der Waals surface area (Å²) in [4.78, 5) is 12.4. The minimum Gasteiger partial charge on any atom is -0.377 e. The predicted octanol–water partition coefficient (Wildman–Crippen LogP) is 4.07. The molecule has 0 spiro atoms. The molecule has 0 fully saturated rings. The molecule has 3 aromatic rings. The first-order chi connectivity index (χ1) is 12.7. The molecule has 2 aromatic carbocycles. The number of aromatic nitrogens is 2. The second-order valence-electron chi connectivity index (χ2n) is 5.81. The van der Waals surface area contributed by atoms with Gasteiger partial charge in [-0.15, -0.1) is 0 Å². The van der Waals surface area contributed by atoms with Gasteiger partial charge >= 0.3 is 0 Å². The molecule has 0 saturated heterocycles. The average Bonchev–Trinajstić information content (AvgIpc) is 3.16. The Labute approximate surface area is 157 Å². The van der Waals surface area contributed by atoms with Crippen LogP contribution < -0.4 is 5.32 Å². The zero-order valence-corrected chi connectivity index (χ0v) is 15.0. The van der Waals surface area contributed by atoms with E-state index in [4.69, 9.17) is 16.3 Å². The van der Waals surface area contributed by atoms with E-state index in [1.54, 1.807) is 12.1 Å². The Balaban J connectivity index is 1.44. The highest BCUT2D eigenvalue weighted by atomic mass is 35.5. The second-order valence-corrected chi connectivity index (χ2v) is 6.25. The van der Waals surface area contributed by atoms with Crippen molar-refractivity contribution in [2.75, 3.05) is 13.2 Å². The van der Waals surface area contributed by atoms with Gasteiger partial charge in [0.15, 0.2) is 0 Å². The number of nitrogens with one attached hydrogen (secondary N) is 2. The van der Waals surface area contributed by atoms with E-state index in [-0.39, 0.29) is 5.91 Å². The molecule has 0 unspecified atom stereocenters. The Morgan fingerprint density at radius 3 is 2.65 bits per heavy atom. The van der Waals surface area contributed by atoms with Crippen molar-refractivity contribution >= 4 is 17.5 Å². The van der Waals surface area contributed by atoms with Gasteiger partial charge in [-0.25, -0.2) is 0 Å². The van der Waals surface area contributed by atoms with Crippen molar-refractivity contribution < 1.29 is 9.53 Å². The molecule has 134 valence electrons. The van der Waals surface area contributed by atoms with Crippen LogP contribution in [0.25, 0.3) is 11.3 Å². The molecule has 2 N–H and O–H groups in total. The van der Waals surface area contributed by atoms with Gasteiger partial charge in [0.1, 0.15) is 0 Å². The van der Waals surface area contributed by atoms with Gasteiger partial charge in [-0.05, 0) is 24.1 Å². The van der Waals surface area contributed by atoms with E-state index in [1.807, 2.05) is 42.5 Å². The standard InChI is InChI=1S/C20H20ClN3O2/c21-17-9-7-16(8-10-17)19-18(13-23-24-19)20(25)22-11-4-12-26-14-15-5-2-1-3-6-15/h1-3,5-10,13H,4,11-12,14H2,(H,22,25)(H,23,24). The molecule has 0 aliphatic heterocycles. The molecular formula is C20H20ClN3O2. The molecule has 1 aromatic heterocycles. The van der Waals surface area contributed by atoms with Crippen molar-refractivity contribution in [2.45, 2.75) is 13.0 Å². The Morgan fingerprint density at radius 1 is 1.12 bits per heavy atom. The third kappa shape index (κ3) is 4.94. The van der Waals surface area contributed by atoms with E-state index in [9.17, 15) is 4.79 Å². The summed E-state index contributed by atoms with van der Waals surface area (Å²) < 4.78 is 5.61. The molecular weight excluding hydrogens is 350 g/mol. The number of aromatic amines is 1. The zero-order valence-electron chi connectivity index (χ0n) is 14.2. The quantitative estimate of drug-likeness (QED) is 0.588. The van der Waals surface area contributed by atoms with E-state index in [2.05, 4.69) is 15.5 Å². The normalized spacial score (nSPS) is 10.7. The first kappa shape index (κ1) is 18.2. The van der Waals surface area contributed by atoms with Crippen LogP contribution in [0.5, 0.6) is 0 Å². The van der Waals surface area contributed by atoms with Crippen LogP contribution in [0.1, 0.15) is 22.3 Å². The van der Waals surface area contributed by atoms with E-state index < -0.39 is 0 Å². The van der Waals surface area contributed by atoms with Crippen LogP contribution in [0.2, 0.25) is 5.02 Å². The lowest BCUT2D eigenvalue weighted by Crippen LogP contribution is -2.25. The highest BCUT2D eigenvalue weighted by Gasteiger charge is 2.14. The largest absolute Gasteiger partial charge is 0.377 e. The summed E-state index contributed by atoms with van der Waals surface area (Å²) in [6, 6.07) is 17.3. The lowest BCUT2D eigenvalue weighted by molar-refractivity contribution is 0.0935. The maximum atomic E-state index is 12.4. The smallest absolute Gasteiger partial charge is 0.255 e. The van der Waals surface area contributed by atoms with Gasteiger partial charge < -0.3 is 10.1 Å². The molecule has 0 aliphatic rings. The Kier molecular flexibility index (Phi) is 6.41. The number of benzene rings is 2. The monoisotopic (exact) mass is 369 g/mol. The third-order valence-electron chi connectivity index (χ3n) is 3.88. The molecule has 0 saturated carbocycles. The number of hydrogen-bond acceptors (Lipinski definition) is 3. The fourth-order valence-electron chi connectivity index (χ4n) is 2.53. The number of hydrogen-bond donors (Lipinski definition) is 2. The van der Waals surface area contributed by atoms with E-state index in [1.165, 1.54) is 6.20 Å². The molecule has 0 bridgehead atoms. The van der Waals surface area contributed by atoms with Crippen molar-refractivity contribution in [1.82, 2.24) is 15.5 Å². The molecule has 1 amide bonds. The number of carbonyl (C=O) groups is 1. The molecule has 5 nitrogen and oxygen atoms in total. The number of ether oxygens (including phenoxy) is 1. The summed E-state index contributed by atoms with van der Waals surface area (Å²) >= 11 is 5.91. The minimum atomic E-state index is -0.160. The highest BCUT2D eigenvalue weighted by molar-refractivity contribution is 6.30. The van der Waals surface area contributed by atoms with Gasteiger partial charge in [0, 0.05) is 23.7 Å². The molecule has 0 radical (unpaired) electrons. The van der Waals surface area contributed by atoms with Crippen molar-refractivity contribution in [2.24, 2.45) is 0 Å². The van der Waals surface area contributed by atoms with E-state index in [0.29, 0.717) is 36.0 Å². The summed E-state index contributed by atoms with van der Waals surface area (Å²) in [7, 11) is 0. The Hall–Kier alpha value is -2.63. The molecule has 6 heteroatoms. The van der Waals surface area contributed by atoms with E-state index in [0.717, 1.165) is 17.5 Å². The van der Waals surface area contributed by atoms with Crippen LogP contribution in [0.3, 0.4) is 0 Å². The van der Waals surface area contributed by atoms with Crippen LogP contribution in [0.15, 0.2) is 60.8 Å². The van der Waals surface area contributed by atoms with Gasteiger partial charge in [-0.3, -0.25) is 9.89 Å². The summed E-state index contributed by atoms with van der Waals surface area (Å²) in [6.07, 6.45) is 2.28. The lowest BCUT2D eigenvalue weighted by Gasteiger charge is -2.07. The van der Waals surface area contributed by atoms with Crippen molar-refractivity contribution in [1.29, 1.82) is 0 Å². The molecule has 1 heterocycles. The number of H-pyrrole nitrogens is 1. The van der Waals surface area contributed by atoms with Crippen LogP contribution in [-0.2, 0) is 11.3 Å². The Morgan fingerprint density at radius 2 is 1.88 bits per heavy atom. The molecule has 0 atom stereocenters. The van der Waals surface area contributed by atoms with Gasteiger partial charge in [0.25, 0.3) is 5.91 Å². The zero-order chi connectivity index (χ0) is 18.2. The fraction of sp³-hybridized carbons (Fsp3) is 0.200. The van der Waals surface area contributed by atoms with Gasteiger partial charge in [-0.1, -0.05) is 54.1 Å². The predicted molar refractivity (Wildman–Crippen MR) is 102 cm³/mol. The first-order valence-electron chi connectivity index (χ1n) is 8.43. The number of rotatable bonds is 8. The van der Waals surface area contributed by atoms with Crippen LogP contribution in [-0.4, -0.2) is 29.3 Å². The van der Waals surface area contributed by atoms with E-state index >= 15 is 0 Å². The van der Waals surface area contributed by atoms with Gasteiger partial charge in [-0.2, -0.15) is 5.10 Å². The van der Waals surface area contributed by atoms with Crippen molar-refractivity contribution in [3.63, 3.8) is 0 Å². The minimum absolute atomic E-state index is 0.160. The Bertz CT molecular complexity index is 832. The van der Waals surface area contributed by atoms with Crippen LogP contribution in [0.4, 0.5) is 0 Å². The van der Waals surface area contributed by atoms with Crippen molar-refractivity contribution in [3.8, 4) is 11.3 Å². The SMILES string of the molecule is O=C(NCCCOCc1ccccc1)c1cn[nH]c1-c1ccc(Cl)cc1. The number of nitrogens with zero attached hydrogens (tertiary/aromatic N) is 1. The molecule has 0 aliphatic carbocycles. The summed E-state index contributed by atoms with van der Waals surface area (Å²) in [5.74, 6) is -0.160. The summed E-state index contributed by atoms with van der Waals surface area (Å²) in [5, 5.41) is 10.4. The third-order valence-corrected chi connectivity index (χ3v) is 4.13. The number of amides is 1. The van der Waals surface area contributed by atoms with Crippen LogP contribution >= 0.6 is 11.6 Å². The second kappa shape index (κ2) is 9.17. The maximum absolute atomic E-state index is 12.4. The van der Waals surface area contributed by atoms with Gasteiger partial charge in [0.05, 0.1) is 24.1 Å². The molecule has 3 rings (SSSR count). The lowest BCUT2D eigenvalue weighted by atomic mass is 10.1. The number of halogens is 1. The topological polar surface area (TPSA) is 67.0 Å². The summed E-state index contributed by atoms with van der Waals surface area (Å²) in [5.41, 5.74) is 3.20. The van der Waals surface area contributed by atoms with Crippen LogP contribution in [0, 0.1) is 0 Å². The summed E-state index contributed by atoms with van der Waals surface area (Å²) in [6.45, 7) is 1.71.